The first kappa shape index (κ1) is 20.4. The van der Waals surface area contributed by atoms with E-state index < -0.39 is 0 Å². The van der Waals surface area contributed by atoms with E-state index in [2.05, 4.69) is 24.0 Å². The van der Waals surface area contributed by atoms with Crippen molar-refractivity contribution in [2.45, 2.75) is 30.0 Å². The zero-order valence-electron chi connectivity index (χ0n) is 16.5. The number of hydrogen-bond acceptors (Lipinski definition) is 5. The Labute approximate surface area is 180 Å². The van der Waals surface area contributed by atoms with Gasteiger partial charge in [0.1, 0.15) is 0 Å². The molecule has 4 rings (SSSR count). The normalized spacial score (nSPS) is 17.4. The van der Waals surface area contributed by atoms with Gasteiger partial charge in [-0.05, 0) is 48.4 Å². The summed E-state index contributed by atoms with van der Waals surface area (Å²) in [5.41, 5.74) is 1.21. The summed E-state index contributed by atoms with van der Waals surface area (Å²) in [6.07, 6.45) is 0.809. The topological polar surface area (TPSA) is 42.0 Å². The standard InChI is InChI=1S/C22H25ClN2O3S/c1-2-21(29-18-6-4-17(23)5-7-18)22(26)25-11-9-24(10-12-25)14-16-3-8-19-20(13-16)28-15-27-19/h3-8,13,21H,2,9-12,14-15H2,1H3. The van der Waals surface area contributed by atoms with Gasteiger partial charge in [0.05, 0.1) is 5.25 Å². The first-order valence-corrected chi connectivity index (χ1v) is 11.2. The zero-order chi connectivity index (χ0) is 20.2. The fraction of sp³-hybridized carbons (Fsp3) is 0.409. The molecule has 1 saturated heterocycles. The highest BCUT2D eigenvalue weighted by molar-refractivity contribution is 8.00. The summed E-state index contributed by atoms with van der Waals surface area (Å²) in [4.78, 5) is 18.5. The van der Waals surface area contributed by atoms with Crippen molar-refractivity contribution in [1.82, 2.24) is 9.80 Å². The molecule has 1 atom stereocenters. The van der Waals surface area contributed by atoms with E-state index in [4.69, 9.17) is 21.1 Å². The van der Waals surface area contributed by atoms with E-state index in [1.54, 1.807) is 11.8 Å². The molecular weight excluding hydrogens is 408 g/mol. The van der Waals surface area contributed by atoms with Gasteiger partial charge in [-0.1, -0.05) is 24.6 Å². The lowest BCUT2D eigenvalue weighted by Gasteiger charge is -2.36. The Kier molecular flexibility index (Phi) is 6.53. The third-order valence-corrected chi connectivity index (χ3v) is 6.88. The van der Waals surface area contributed by atoms with E-state index >= 15 is 0 Å². The molecule has 0 saturated carbocycles. The third-order valence-electron chi connectivity index (χ3n) is 5.27. The van der Waals surface area contributed by atoms with Gasteiger partial charge in [0, 0.05) is 42.6 Å². The number of hydrogen-bond donors (Lipinski definition) is 0. The predicted molar refractivity (Wildman–Crippen MR) is 116 cm³/mol. The fourth-order valence-electron chi connectivity index (χ4n) is 3.61. The fourth-order valence-corrected chi connectivity index (χ4v) is 4.78. The molecule has 0 spiro atoms. The first-order chi connectivity index (χ1) is 14.1. The van der Waals surface area contributed by atoms with Crippen molar-refractivity contribution in [1.29, 1.82) is 0 Å². The number of fused-ring (bicyclic) bond motifs is 1. The lowest BCUT2D eigenvalue weighted by molar-refractivity contribution is -0.132. The van der Waals surface area contributed by atoms with Crippen LogP contribution in [0.4, 0.5) is 0 Å². The van der Waals surface area contributed by atoms with Crippen molar-refractivity contribution < 1.29 is 14.3 Å². The molecule has 2 aliphatic heterocycles. The van der Waals surface area contributed by atoms with Gasteiger partial charge < -0.3 is 14.4 Å². The maximum Gasteiger partial charge on any atom is 0.236 e. The van der Waals surface area contributed by atoms with Crippen molar-refractivity contribution in [2.75, 3.05) is 33.0 Å². The zero-order valence-corrected chi connectivity index (χ0v) is 18.0. The van der Waals surface area contributed by atoms with Crippen molar-refractivity contribution in [2.24, 2.45) is 0 Å². The molecule has 2 aromatic rings. The van der Waals surface area contributed by atoms with Crippen molar-refractivity contribution in [3.05, 3.63) is 53.1 Å². The second kappa shape index (κ2) is 9.28. The van der Waals surface area contributed by atoms with Gasteiger partial charge in [-0.25, -0.2) is 0 Å². The highest BCUT2D eigenvalue weighted by Gasteiger charge is 2.27. The van der Waals surface area contributed by atoms with E-state index in [1.807, 2.05) is 35.2 Å². The van der Waals surface area contributed by atoms with Gasteiger partial charge in [0.2, 0.25) is 12.7 Å². The molecule has 0 radical (unpaired) electrons. The van der Waals surface area contributed by atoms with Crippen LogP contribution in [0.3, 0.4) is 0 Å². The molecule has 0 N–H and O–H groups in total. The van der Waals surface area contributed by atoms with Crippen LogP contribution in [0.2, 0.25) is 5.02 Å². The van der Waals surface area contributed by atoms with Crippen LogP contribution in [0.1, 0.15) is 18.9 Å². The van der Waals surface area contributed by atoms with Gasteiger partial charge >= 0.3 is 0 Å². The molecule has 1 fully saturated rings. The molecule has 5 nitrogen and oxygen atoms in total. The smallest absolute Gasteiger partial charge is 0.236 e. The van der Waals surface area contributed by atoms with Gasteiger partial charge in [0.25, 0.3) is 0 Å². The first-order valence-electron chi connectivity index (χ1n) is 9.94. The minimum atomic E-state index is -0.0587. The number of nitrogens with zero attached hydrogens (tertiary/aromatic N) is 2. The molecule has 1 unspecified atom stereocenters. The van der Waals surface area contributed by atoms with E-state index in [1.165, 1.54) is 5.56 Å². The molecule has 2 aliphatic rings. The maximum absolute atomic E-state index is 13.0. The predicted octanol–water partition coefficient (Wildman–Crippen LogP) is 4.28. The number of ether oxygens (including phenoxy) is 2. The van der Waals surface area contributed by atoms with E-state index in [9.17, 15) is 4.79 Å². The van der Waals surface area contributed by atoms with Crippen LogP contribution in [0.15, 0.2) is 47.4 Å². The van der Waals surface area contributed by atoms with Crippen LogP contribution in [0, 0.1) is 0 Å². The van der Waals surface area contributed by atoms with Crippen LogP contribution in [-0.2, 0) is 11.3 Å². The Morgan fingerprint density at radius 2 is 1.79 bits per heavy atom. The molecule has 2 heterocycles. The van der Waals surface area contributed by atoms with Crippen LogP contribution < -0.4 is 9.47 Å². The summed E-state index contributed by atoms with van der Waals surface area (Å²) in [7, 11) is 0. The molecule has 2 aromatic carbocycles. The van der Waals surface area contributed by atoms with Crippen molar-refractivity contribution in [3.8, 4) is 11.5 Å². The lowest BCUT2D eigenvalue weighted by Crippen LogP contribution is -2.50. The Bertz CT molecular complexity index is 854. The van der Waals surface area contributed by atoms with Crippen molar-refractivity contribution >= 4 is 29.3 Å². The molecular formula is C22H25ClN2O3S. The van der Waals surface area contributed by atoms with Crippen LogP contribution in [0.25, 0.3) is 0 Å². The van der Waals surface area contributed by atoms with Gasteiger partial charge in [-0.15, -0.1) is 11.8 Å². The molecule has 7 heteroatoms. The number of piperazine rings is 1. The quantitative estimate of drug-likeness (QED) is 0.637. The second-order valence-electron chi connectivity index (χ2n) is 7.26. The Hall–Kier alpha value is -1.89. The van der Waals surface area contributed by atoms with Crippen LogP contribution in [0.5, 0.6) is 11.5 Å². The number of thioether (sulfide) groups is 1. The third kappa shape index (κ3) is 5.00. The average molecular weight is 433 g/mol. The maximum atomic E-state index is 13.0. The summed E-state index contributed by atoms with van der Waals surface area (Å²) in [5.74, 6) is 1.87. The number of amides is 1. The number of benzene rings is 2. The second-order valence-corrected chi connectivity index (χ2v) is 8.97. The molecule has 1 amide bonds. The summed E-state index contributed by atoms with van der Waals surface area (Å²) < 4.78 is 10.8. The Balaban J connectivity index is 1.30. The number of halogens is 1. The summed E-state index contributed by atoms with van der Waals surface area (Å²) in [5, 5.41) is 0.656. The average Bonchev–Trinajstić information content (AvgIpc) is 3.21. The number of rotatable bonds is 6. The molecule has 0 aromatic heterocycles. The highest BCUT2D eigenvalue weighted by Crippen LogP contribution is 2.33. The number of carbonyl (C=O) groups excluding carboxylic acids is 1. The largest absolute Gasteiger partial charge is 0.454 e. The Morgan fingerprint density at radius 1 is 1.07 bits per heavy atom. The van der Waals surface area contributed by atoms with Gasteiger partial charge in [0.15, 0.2) is 11.5 Å². The monoisotopic (exact) mass is 432 g/mol. The minimum Gasteiger partial charge on any atom is -0.454 e. The molecule has 154 valence electrons. The lowest BCUT2D eigenvalue weighted by atomic mass is 10.1. The van der Waals surface area contributed by atoms with E-state index in [0.29, 0.717) is 11.8 Å². The van der Waals surface area contributed by atoms with Gasteiger partial charge in [-0.2, -0.15) is 0 Å². The molecule has 0 bridgehead atoms. The van der Waals surface area contributed by atoms with Crippen LogP contribution >= 0.6 is 23.4 Å². The SMILES string of the molecule is CCC(Sc1ccc(Cl)cc1)C(=O)N1CCN(Cc2ccc3c(c2)OCO3)CC1. The highest BCUT2D eigenvalue weighted by atomic mass is 35.5. The summed E-state index contributed by atoms with van der Waals surface area (Å²) in [6, 6.07) is 13.8. The summed E-state index contributed by atoms with van der Waals surface area (Å²) in [6.45, 7) is 6.51. The van der Waals surface area contributed by atoms with Crippen LogP contribution in [-0.4, -0.2) is 53.9 Å². The number of carbonyl (C=O) groups is 1. The van der Waals surface area contributed by atoms with Crippen molar-refractivity contribution in [3.63, 3.8) is 0 Å². The van der Waals surface area contributed by atoms with E-state index in [-0.39, 0.29) is 11.2 Å². The Morgan fingerprint density at radius 3 is 2.52 bits per heavy atom. The summed E-state index contributed by atoms with van der Waals surface area (Å²) >= 11 is 7.59. The van der Waals surface area contributed by atoms with Gasteiger partial charge in [-0.3, -0.25) is 9.69 Å². The minimum absolute atomic E-state index is 0.0587. The van der Waals surface area contributed by atoms with E-state index in [0.717, 1.165) is 55.5 Å². The molecule has 29 heavy (non-hydrogen) atoms. The molecule has 0 aliphatic carbocycles.